The van der Waals surface area contributed by atoms with E-state index in [1.165, 1.54) is 16.7 Å². The van der Waals surface area contributed by atoms with Crippen LogP contribution >= 0.6 is 0 Å². The summed E-state index contributed by atoms with van der Waals surface area (Å²) in [5, 5.41) is 0. The number of Topliss-reactive ketones (excluding diaryl/α,β-unsaturated/α-hetero) is 1. The summed E-state index contributed by atoms with van der Waals surface area (Å²) in [4.78, 5) is 11.1. The number of halogens is 3. The molecule has 0 aliphatic heterocycles. The van der Waals surface area contributed by atoms with Crippen LogP contribution in [0.2, 0.25) is 0 Å². The van der Waals surface area contributed by atoms with Gasteiger partial charge in [-0.15, -0.1) is 0 Å². The summed E-state index contributed by atoms with van der Waals surface area (Å²) in [6, 6.07) is 6.22. The summed E-state index contributed by atoms with van der Waals surface area (Å²) in [7, 11) is 0. The van der Waals surface area contributed by atoms with E-state index in [9.17, 15) is 18.0 Å². The Hall–Kier alpha value is -1.78. The predicted molar refractivity (Wildman–Crippen MR) is 52.5 cm³/mol. The zero-order valence-electron chi connectivity index (χ0n) is 8.38. The minimum Gasteiger partial charge on any atom is -0.313 e. The topological polar surface area (TPSA) is 21.5 Å². The van der Waals surface area contributed by atoms with Crippen molar-refractivity contribution in [1.82, 2.24) is 4.40 Å². The number of carbonyl (C=O) groups excluding carboxylic acids is 1. The van der Waals surface area contributed by atoms with E-state index in [-0.39, 0.29) is 5.69 Å². The van der Waals surface area contributed by atoms with Crippen molar-refractivity contribution in [3.63, 3.8) is 0 Å². The van der Waals surface area contributed by atoms with Gasteiger partial charge in [-0.3, -0.25) is 4.79 Å². The number of aromatic nitrogens is 1. The number of pyridine rings is 1. The van der Waals surface area contributed by atoms with E-state index in [4.69, 9.17) is 0 Å². The van der Waals surface area contributed by atoms with Crippen LogP contribution < -0.4 is 0 Å². The van der Waals surface area contributed by atoms with Gasteiger partial charge in [0.05, 0.1) is 5.69 Å². The first-order valence-electron chi connectivity index (χ1n) is 4.59. The number of hydrogen-bond donors (Lipinski definition) is 0. The van der Waals surface area contributed by atoms with Gasteiger partial charge >= 0.3 is 6.18 Å². The SMILES string of the molecule is Cc1cc(C(=O)C(F)(F)F)n2ccccc12. The number of carbonyl (C=O) groups is 1. The lowest BCUT2D eigenvalue weighted by Crippen LogP contribution is -2.24. The molecule has 0 aromatic carbocycles. The van der Waals surface area contributed by atoms with Crippen LogP contribution in [0.25, 0.3) is 5.52 Å². The molecule has 0 spiro atoms. The van der Waals surface area contributed by atoms with Gasteiger partial charge in [0.15, 0.2) is 0 Å². The Kier molecular flexibility index (Phi) is 2.26. The number of nitrogens with zero attached hydrogens (tertiary/aromatic N) is 1. The van der Waals surface area contributed by atoms with Gasteiger partial charge in [0.25, 0.3) is 5.78 Å². The standard InChI is InChI=1S/C11H8F3NO/c1-7-6-9(10(16)11(12,13)14)15-5-3-2-4-8(7)15/h2-6H,1H3. The summed E-state index contributed by atoms with van der Waals surface area (Å²) in [5.74, 6) is -1.82. The maximum atomic E-state index is 12.3. The summed E-state index contributed by atoms with van der Waals surface area (Å²) >= 11 is 0. The molecule has 84 valence electrons. The van der Waals surface area contributed by atoms with Crippen LogP contribution in [0.4, 0.5) is 13.2 Å². The number of alkyl halides is 3. The van der Waals surface area contributed by atoms with E-state index >= 15 is 0 Å². The van der Waals surface area contributed by atoms with Crippen molar-refractivity contribution in [3.05, 3.63) is 41.7 Å². The predicted octanol–water partition coefficient (Wildman–Crippen LogP) is 2.99. The minimum atomic E-state index is -4.84. The molecule has 0 bridgehead atoms. The number of fused-ring (bicyclic) bond motifs is 1. The van der Waals surface area contributed by atoms with Gasteiger partial charge in [-0.2, -0.15) is 13.2 Å². The first-order chi connectivity index (χ1) is 7.41. The third-order valence-corrected chi connectivity index (χ3v) is 2.37. The van der Waals surface area contributed by atoms with E-state index in [1.807, 2.05) is 0 Å². The molecular formula is C11H8F3NO. The zero-order valence-corrected chi connectivity index (χ0v) is 8.38. The highest BCUT2D eigenvalue weighted by atomic mass is 19.4. The van der Waals surface area contributed by atoms with Gasteiger partial charge in [0, 0.05) is 11.7 Å². The number of aryl methyl sites for hydroxylation is 1. The molecule has 0 saturated carbocycles. The highest BCUT2D eigenvalue weighted by molar-refractivity contribution is 6.00. The molecule has 2 nitrogen and oxygen atoms in total. The van der Waals surface area contributed by atoms with Crippen LogP contribution in [0.1, 0.15) is 16.1 Å². The van der Waals surface area contributed by atoms with E-state index in [2.05, 4.69) is 0 Å². The van der Waals surface area contributed by atoms with Crippen LogP contribution in [0.5, 0.6) is 0 Å². The lowest BCUT2D eigenvalue weighted by Gasteiger charge is -2.04. The van der Waals surface area contributed by atoms with E-state index in [0.29, 0.717) is 11.1 Å². The molecule has 0 saturated heterocycles. The first kappa shape index (κ1) is 10.7. The molecule has 0 aliphatic rings. The van der Waals surface area contributed by atoms with Gasteiger partial charge in [0.2, 0.25) is 0 Å². The second-order valence-electron chi connectivity index (χ2n) is 3.50. The maximum absolute atomic E-state index is 12.3. The first-order valence-corrected chi connectivity index (χ1v) is 4.59. The molecule has 2 heterocycles. The Morgan fingerprint density at radius 2 is 2.00 bits per heavy atom. The minimum absolute atomic E-state index is 0.347. The average Bonchev–Trinajstić information content (AvgIpc) is 2.55. The monoisotopic (exact) mass is 227 g/mol. The third kappa shape index (κ3) is 1.58. The lowest BCUT2D eigenvalue weighted by atomic mass is 10.2. The molecule has 0 atom stereocenters. The Balaban J connectivity index is 2.67. The van der Waals surface area contributed by atoms with Gasteiger partial charge in [-0.25, -0.2) is 0 Å². The molecule has 0 aliphatic carbocycles. The van der Waals surface area contributed by atoms with Crippen LogP contribution in [-0.4, -0.2) is 16.4 Å². The zero-order chi connectivity index (χ0) is 11.9. The smallest absolute Gasteiger partial charge is 0.313 e. The fraction of sp³-hybridized carbons (Fsp3) is 0.182. The molecule has 0 unspecified atom stereocenters. The number of rotatable bonds is 1. The molecule has 0 radical (unpaired) electrons. The summed E-state index contributed by atoms with van der Waals surface area (Å²) in [6.07, 6.45) is -3.39. The molecule has 0 amide bonds. The maximum Gasteiger partial charge on any atom is 0.456 e. The largest absolute Gasteiger partial charge is 0.456 e. The molecule has 2 rings (SSSR count). The van der Waals surface area contributed by atoms with Crippen LogP contribution in [0.3, 0.4) is 0 Å². The van der Waals surface area contributed by atoms with Crippen molar-refractivity contribution in [3.8, 4) is 0 Å². The van der Waals surface area contributed by atoms with Crippen LogP contribution in [0.15, 0.2) is 30.5 Å². The fourth-order valence-electron chi connectivity index (χ4n) is 1.64. The van der Waals surface area contributed by atoms with Crippen LogP contribution in [0, 0.1) is 6.92 Å². The molecule has 0 fully saturated rings. The fourth-order valence-corrected chi connectivity index (χ4v) is 1.64. The molecule has 2 aromatic heterocycles. The van der Waals surface area contributed by atoms with Gasteiger partial charge < -0.3 is 4.40 Å². The Morgan fingerprint density at radius 1 is 1.31 bits per heavy atom. The van der Waals surface area contributed by atoms with Gasteiger partial charge in [0.1, 0.15) is 0 Å². The van der Waals surface area contributed by atoms with Crippen molar-refractivity contribution in [2.24, 2.45) is 0 Å². The van der Waals surface area contributed by atoms with Crippen molar-refractivity contribution in [1.29, 1.82) is 0 Å². The Morgan fingerprint density at radius 3 is 2.62 bits per heavy atom. The van der Waals surface area contributed by atoms with Gasteiger partial charge in [-0.1, -0.05) is 6.07 Å². The van der Waals surface area contributed by atoms with E-state index in [1.54, 1.807) is 25.1 Å². The van der Waals surface area contributed by atoms with Crippen molar-refractivity contribution < 1.29 is 18.0 Å². The van der Waals surface area contributed by atoms with E-state index in [0.717, 1.165) is 0 Å². The third-order valence-electron chi connectivity index (χ3n) is 2.37. The average molecular weight is 227 g/mol. The molecule has 5 heteroatoms. The molecule has 16 heavy (non-hydrogen) atoms. The number of hydrogen-bond acceptors (Lipinski definition) is 1. The van der Waals surface area contributed by atoms with Crippen LogP contribution in [-0.2, 0) is 0 Å². The molecule has 2 aromatic rings. The Bertz CT molecular complexity index is 554. The van der Waals surface area contributed by atoms with E-state index < -0.39 is 12.0 Å². The van der Waals surface area contributed by atoms with Crippen molar-refractivity contribution in [2.75, 3.05) is 0 Å². The normalized spacial score (nSPS) is 12.0. The molecule has 0 N–H and O–H groups in total. The molecular weight excluding hydrogens is 219 g/mol. The van der Waals surface area contributed by atoms with Gasteiger partial charge in [-0.05, 0) is 30.7 Å². The van der Waals surface area contributed by atoms with Crippen molar-refractivity contribution >= 4 is 11.3 Å². The highest BCUT2D eigenvalue weighted by Gasteiger charge is 2.40. The Labute approximate surface area is 89.3 Å². The number of ketones is 1. The lowest BCUT2D eigenvalue weighted by molar-refractivity contribution is -0.0888. The summed E-state index contributed by atoms with van der Waals surface area (Å²) in [5.41, 5.74) is 0.906. The second-order valence-corrected chi connectivity index (χ2v) is 3.50. The van der Waals surface area contributed by atoms with Crippen molar-refractivity contribution in [2.45, 2.75) is 13.1 Å². The second kappa shape index (κ2) is 3.37. The quantitative estimate of drug-likeness (QED) is 0.686. The summed E-state index contributed by atoms with van der Waals surface area (Å²) < 4.78 is 38.2. The summed E-state index contributed by atoms with van der Waals surface area (Å²) in [6.45, 7) is 1.67. The highest BCUT2D eigenvalue weighted by Crippen LogP contribution is 2.24.